The van der Waals surface area contributed by atoms with Crippen molar-refractivity contribution in [3.63, 3.8) is 0 Å². The molecular formula is C28H34BrN3O8. The maximum Gasteiger partial charge on any atom is 0.280 e. The molecule has 0 radical (unpaired) electrons. The first-order valence-corrected chi connectivity index (χ1v) is 13.9. The van der Waals surface area contributed by atoms with Gasteiger partial charge in [-0.3, -0.25) is 15.1 Å². The number of anilines is 1. The molecule has 0 bridgehead atoms. The molecule has 1 aliphatic heterocycles. The molecule has 3 N–H and O–H groups in total. The highest BCUT2D eigenvalue weighted by Gasteiger charge is 2.28. The minimum Gasteiger partial charge on any atom is -0.394 e. The molecule has 0 fully saturated rings. The summed E-state index contributed by atoms with van der Waals surface area (Å²) in [5, 5.41) is 19.8. The van der Waals surface area contributed by atoms with E-state index in [1.165, 1.54) is 0 Å². The largest absolute Gasteiger partial charge is 0.394 e. The summed E-state index contributed by atoms with van der Waals surface area (Å²) in [6.07, 6.45) is 0. The van der Waals surface area contributed by atoms with Crippen molar-refractivity contribution in [2.75, 3.05) is 78.2 Å². The van der Waals surface area contributed by atoms with Gasteiger partial charge in [-0.05, 0) is 18.2 Å². The molecule has 3 aromatic rings. The fourth-order valence-electron chi connectivity index (χ4n) is 4.37. The Kier molecular flexibility index (Phi) is 12.1. The first kappa shape index (κ1) is 30.3. The van der Waals surface area contributed by atoms with E-state index < -0.39 is 0 Å². The summed E-state index contributed by atoms with van der Waals surface area (Å²) in [7, 11) is 0. The molecular weight excluding hydrogens is 586 g/mol. The van der Waals surface area contributed by atoms with Gasteiger partial charge in [-0.15, -0.1) is 0 Å². The van der Waals surface area contributed by atoms with Crippen LogP contribution in [-0.2, 0) is 35.1 Å². The van der Waals surface area contributed by atoms with E-state index in [0.29, 0.717) is 68.5 Å². The third-order valence-corrected chi connectivity index (χ3v) is 6.54. The van der Waals surface area contributed by atoms with Gasteiger partial charge >= 0.3 is 0 Å². The quantitative estimate of drug-likeness (QED) is 0.133. The number of amides is 1. The molecule has 0 saturated carbocycles. The molecule has 11 nitrogen and oxygen atoms in total. The molecule has 0 saturated heterocycles. The van der Waals surface area contributed by atoms with Crippen LogP contribution in [-0.4, -0.2) is 93.4 Å². The van der Waals surface area contributed by atoms with Crippen LogP contribution < -0.4 is 16.1 Å². The van der Waals surface area contributed by atoms with Gasteiger partial charge in [-0.25, -0.2) is 4.99 Å². The number of carbonyl (C=O) groups excluding carboxylic acids is 1. The second-order valence-corrected chi connectivity index (χ2v) is 9.61. The van der Waals surface area contributed by atoms with E-state index in [1.54, 1.807) is 0 Å². The number of aliphatic hydroxyl groups is 2. The van der Waals surface area contributed by atoms with Crippen molar-refractivity contribution in [1.82, 2.24) is 4.57 Å². The molecule has 0 spiro atoms. The number of nitrogens with zero attached hydrogens (tertiary/aromatic N) is 2. The third kappa shape index (κ3) is 7.74. The lowest BCUT2D eigenvalue weighted by molar-refractivity contribution is -0.112. The Hall–Kier alpha value is -2.68. The normalized spacial score (nSPS) is 12.8. The topological polar surface area (TPSA) is 133 Å². The van der Waals surface area contributed by atoms with E-state index in [1.807, 2.05) is 47.0 Å². The minimum atomic E-state index is -0.329. The summed E-state index contributed by atoms with van der Waals surface area (Å²) in [6.45, 7) is 3.48. The number of aliphatic hydroxyl groups excluding tert-OH is 2. The summed E-state index contributed by atoms with van der Waals surface area (Å²) in [5.41, 5.74) is 5.78. The molecule has 4 rings (SSSR count). The first-order chi connectivity index (χ1) is 19.7. The maximum absolute atomic E-state index is 13.3. The predicted molar refractivity (Wildman–Crippen MR) is 151 cm³/mol. The molecule has 2 aromatic carbocycles. The summed E-state index contributed by atoms with van der Waals surface area (Å²) < 4.78 is 24.7. The van der Waals surface area contributed by atoms with Crippen molar-refractivity contribution in [3.8, 4) is 0 Å². The van der Waals surface area contributed by atoms with Crippen molar-refractivity contribution in [2.45, 2.75) is 6.54 Å². The number of para-hydroxylation sites is 1. The second kappa shape index (κ2) is 15.9. The van der Waals surface area contributed by atoms with Gasteiger partial charge in [0.1, 0.15) is 0 Å². The van der Waals surface area contributed by atoms with Crippen LogP contribution in [0.1, 0.15) is 5.69 Å². The SMILES string of the molecule is O=C1N=c2cc(Br)ccc2=C1c1c(NOCCOCCOCCO)c2ccccc2n1CCOCCOCCO. The van der Waals surface area contributed by atoms with Crippen LogP contribution in [0.3, 0.4) is 0 Å². The molecule has 1 aromatic heterocycles. The zero-order valence-electron chi connectivity index (χ0n) is 22.1. The Labute approximate surface area is 240 Å². The number of aromatic nitrogens is 1. The van der Waals surface area contributed by atoms with Crippen molar-refractivity contribution in [2.24, 2.45) is 4.99 Å². The van der Waals surface area contributed by atoms with Crippen LogP contribution in [0.25, 0.3) is 16.5 Å². The Bertz CT molecular complexity index is 1390. The molecule has 0 aliphatic carbocycles. The van der Waals surface area contributed by atoms with Gasteiger partial charge in [0, 0.05) is 21.6 Å². The predicted octanol–water partition coefficient (Wildman–Crippen LogP) is 1.16. The molecule has 12 heteroatoms. The average molecular weight is 620 g/mol. The summed E-state index contributed by atoms with van der Waals surface area (Å²) in [5.74, 6) is -0.329. The fraction of sp³-hybridized carbons (Fsp3) is 0.429. The molecule has 1 aliphatic rings. The number of carbonyl (C=O) groups is 1. The van der Waals surface area contributed by atoms with Crippen LogP contribution in [0.2, 0.25) is 0 Å². The minimum absolute atomic E-state index is 0.0231. The Morgan fingerprint density at radius 1 is 0.825 bits per heavy atom. The van der Waals surface area contributed by atoms with Gasteiger partial charge in [-0.1, -0.05) is 40.2 Å². The zero-order valence-corrected chi connectivity index (χ0v) is 23.7. The number of halogens is 1. The maximum atomic E-state index is 13.3. The number of rotatable bonds is 19. The lowest BCUT2D eigenvalue weighted by Gasteiger charge is -2.14. The first-order valence-electron chi connectivity index (χ1n) is 13.1. The summed E-state index contributed by atoms with van der Waals surface area (Å²) in [4.78, 5) is 23.4. The molecule has 2 heterocycles. The van der Waals surface area contributed by atoms with Crippen LogP contribution in [0.4, 0.5) is 5.69 Å². The smallest absolute Gasteiger partial charge is 0.280 e. The second-order valence-electron chi connectivity index (χ2n) is 8.69. The highest BCUT2D eigenvalue weighted by atomic mass is 79.9. The summed E-state index contributed by atoms with van der Waals surface area (Å²) in [6, 6.07) is 13.4. The van der Waals surface area contributed by atoms with Crippen molar-refractivity contribution >= 4 is 44.0 Å². The van der Waals surface area contributed by atoms with Gasteiger partial charge in [0.05, 0.1) is 101 Å². The molecule has 1 amide bonds. The standard InChI is InChI=1S/C28H34BrN3O8/c29-20-5-6-21-23(19-20)30-28(35)25(21)27-26(31-40-18-17-39-16-15-38-12-9-34)22-3-1-2-4-24(22)32(27)7-10-36-13-14-37-11-8-33/h1-6,19,31,33-34H,7-18H2. The highest BCUT2D eigenvalue weighted by Crippen LogP contribution is 2.35. The number of benzene rings is 2. The van der Waals surface area contributed by atoms with E-state index in [2.05, 4.69) is 26.4 Å². The van der Waals surface area contributed by atoms with Gasteiger partial charge in [0.2, 0.25) is 0 Å². The zero-order chi connectivity index (χ0) is 28.2. The fourth-order valence-corrected chi connectivity index (χ4v) is 4.72. The molecule has 216 valence electrons. The van der Waals surface area contributed by atoms with E-state index in [9.17, 15) is 4.79 Å². The van der Waals surface area contributed by atoms with Crippen LogP contribution in [0.5, 0.6) is 0 Å². The highest BCUT2D eigenvalue weighted by molar-refractivity contribution is 9.10. The third-order valence-electron chi connectivity index (χ3n) is 6.05. The molecule has 0 unspecified atom stereocenters. The molecule has 40 heavy (non-hydrogen) atoms. The van der Waals surface area contributed by atoms with Crippen LogP contribution in [0, 0.1) is 0 Å². The average Bonchev–Trinajstić information content (AvgIpc) is 3.43. The lowest BCUT2D eigenvalue weighted by atomic mass is 10.1. The number of hydrogen-bond donors (Lipinski definition) is 3. The molecule has 0 atom stereocenters. The number of ether oxygens (including phenoxy) is 4. The Morgan fingerprint density at radius 3 is 2.20 bits per heavy atom. The van der Waals surface area contributed by atoms with Crippen molar-refractivity contribution in [1.29, 1.82) is 0 Å². The Morgan fingerprint density at radius 2 is 1.48 bits per heavy atom. The van der Waals surface area contributed by atoms with Gasteiger partial charge in [0.15, 0.2) is 0 Å². The number of hydrogen-bond acceptors (Lipinski definition) is 9. The van der Waals surface area contributed by atoms with Crippen LogP contribution in [0.15, 0.2) is 51.9 Å². The van der Waals surface area contributed by atoms with Gasteiger partial charge in [-0.2, -0.15) is 0 Å². The van der Waals surface area contributed by atoms with Gasteiger partial charge < -0.3 is 33.7 Å². The number of nitrogens with one attached hydrogen (secondary N) is 1. The van der Waals surface area contributed by atoms with E-state index in [4.69, 9.17) is 34.0 Å². The van der Waals surface area contributed by atoms with E-state index in [0.717, 1.165) is 20.6 Å². The van der Waals surface area contributed by atoms with E-state index >= 15 is 0 Å². The van der Waals surface area contributed by atoms with Crippen LogP contribution >= 0.6 is 15.9 Å². The lowest BCUT2D eigenvalue weighted by Crippen LogP contribution is -2.24. The van der Waals surface area contributed by atoms with E-state index in [-0.39, 0.29) is 38.9 Å². The van der Waals surface area contributed by atoms with Gasteiger partial charge in [0.25, 0.3) is 5.91 Å². The van der Waals surface area contributed by atoms with Crippen molar-refractivity contribution in [3.05, 3.63) is 63.2 Å². The Balaban J connectivity index is 1.59. The van der Waals surface area contributed by atoms with Crippen molar-refractivity contribution < 1.29 is 38.8 Å². The monoisotopic (exact) mass is 619 g/mol. The summed E-state index contributed by atoms with van der Waals surface area (Å²) >= 11 is 3.47. The number of fused-ring (bicyclic) bond motifs is 2.